The van der Waals surface area contributed by atoms with Crippen LogP contribution in [0.3, 0.4) is 0 Å². The van der Waals surface area contributed by atoms with Gasteiger partial charge in [-0.05, 0) is 36.3 Å². The molecule has 15 heavy (non-hydrogen) atoms. The van der Waals surface area contributed by atoms with Crippen LogP contribution in [0.1, 0.15) is 43.2 Å². The Kier molecular flexibility index (Phi) is 3.48. The highest BCUT2D eigenvalue weighted by Gasteiger charge is 2.22. The number of rotatable bonds is 4. The lowest BCUT2D eigenvalue weighted by Crippen LogP contribution is -1.84. The van der Waals surface area contributed by atoms with Crippen LogP contribution in [0, 0.1) is 0 Å². The highest BCUT2D eigenvalue weighted by atomic mass is 35.5. The molecule has 0 saturated heterocycles. The zero-order chi connectivity index (χ0) is 10.7. The third kappa shape index (κ3) is 2.85. The van der Waals surface area contributed by atoms with E-state index in [1.54, 1.807) is 0 Å². The lowest BCUT2D eigenvalue weighted by Gasteiger charge is -2.01. The molecular weight excluding hydrogens is 204 g/mol. The predicted molar refractivity (Wildman–Crippen MR) is 67.4 cm³/mol. The van der Waals surface area contributed by atoms with E-state index < -0.39 is 0 Å². The van der Waals surface area contributed by atoms with Crippen molar-refractivity contribution in [1.82, 2.24) is 0 Å². The topological polar surface area (TPSA) is 0 Å². The van der Waals surface area contributed by atoms with Crippen molar-refractivity contribution < 1.29 is 0 Å². The number of hydrogen-bond donors (Lipinski definition) is 0. The van der Waals surface area contributed by atoms with Crippen LogP contribution in [0.4, 0.5) is 0 Å². The number of alkyl halides is 1. The van der Waals surface area contributed by atoms with E-state index in [0.717, 1.165) is 12.3 Å². The molecule has 80 valence electrons. The molecule has 0 spiro atoms. The SMILES string of the molecule is CCC(=Cc1ccc(C2CC2)cc1)CCl. The Morgan fingerprint density at radius 1 is 1.33 bits per heavy atom. The van der Waals surface area contributed by atoms with Crippen LogP contribution in [0.5, 0.6) is 0 Å². The fraction of sp³-hybridized carbons (Fsp3) is 0.429. The van der Waals surface area contributed by atoms with E-state index in [1.807, 2.05) is 0 Å². The first kappa shape index (κ1) is 10.8. The average Bonchev–Trinajstić information content (AvgIpc) is 3.10. The molecule has 1 aromatic carbocycles. The van der Waals surface area contributed by atoms with Crippen LogP contribution in [0.2, 0.25) is 0 Å². The molecule has 1 aromatic rings. The van der Waals surface area contributed by atoms with Crippen LogP contribution in [0.15, 0.2) is 29.8 Å². The Morgan fingerprint density at radius 2 is 2.00 bits per heavy atom. The molecule has 0 aliphatic heterocycles. The van der Waals surface area contributed by atoms with Gasteiger partial charge in [0.05, 0.1) is 0 Å². The monoisotopic (exact) mass is 220 g/mol. The van der Waals surface area contributed by atoms with Gasteiger partial charge in [0, 0.05) is 5.88 Å². The Balaban J connectivity index is 2.11. The zero-order valence-electron chi connectivity index (χ0n) is 9.17. The van der Waals surface area contributed by atoms with Gasteiger partial charge < -0.3 is 0 Å². The average molecular weight is 221 g/mol. The number of hydrogen-bond acceptors (Lipinski definition) is 0. The van der Waals surface area contributed by atoms with Crippen LogP contribution in [-0.2, 0) is 0 Å². The first-order valence-electron chi connectivity index (χ1n) is 5.69. The van der Waals surface area contributed by atoms with Crippen molar-refractivity contribution in [3.8, 4) is 0 Å². The van der Waals surface area contributed by atoms with E-state index in [4.69, 9.17) is 11.6 Å². The lowest BCUT2D eigenvalue weighted by atomic mass is 10.1. The molecule has 0 heterocycles. The summed E-state index contributed by atoms with van der Waals surface area (Å²) >= 11 is 5.84. The summed E-state index contributed by atoms with van der Waals surface area (Å²) in [5, 5.41) is 0. The zero-order valence-corrected chi connectivity index (χ0v) is 9.93. The van der Waals surface area contributed by atoms with E-state index in [0.29, 0.717) is 5.88 Å². The molecule has 0 bridgehead atoms. The van der Waals surface area contributed by atoms with Crippen molar-refractivity contribution in [1.29, 1.82) is 0 Å². The summed E-state index contributed by atoms with van der Waals surface area (Å²) in [6.07, 6.45) is 5.98. The fourth-order valence-corrected chi connectivity index (χ4v) is 2.02. The van der Waals surface area contributed by atoms with E-state index in [1.165, 1.54) is 29.5 Å². The maximum absolute atomic E-state index is 5.84. The van der Waals surface area contributed by atoms with Crippen LogP contribution in [0.25, 0.3) is 6.08 Å². The van der Waals surface area contributed by atoms with Crippen molar-refractivity contribution in [2.45, 2.75) is 32.1 Å². The van der Waals surface area contributed by atoms with Gasteiger partial charge in [-0.25, -0.2) is 0 Å². The molecule has 0 nitrogen and oxygen atoms in total. The maximum atomic E-state index is 5.84. The van der Waals surface area contributed by atoms with Crippen molar-refractivity contribution in [3.05, 3.63) is 41.0 Å². The number of benzene rings is 1. The number of allylic oxidation sites excluding steroid dienone is 1. The van der Waals surface area contributed by atoms with Gasteiger partial charge in [0.2, 0.25) is 0 Å². The molecule has 0 aromatic heterocycles. The molecule has 1 saturated carbocycles. The summed E-state index contributed by atoms with van der Waals surface area (Å²) in [7, 11) is 0. The number of halogens is 1. The lowest BCUT2D eigenvalue weighted by molar-refractivity contribution is 1.11. The van der Waals surface area contributed by atoms with Crippen molar-refractivity contribution in [2.24, 2.45) is 0 Å². The highest BCUT2D eigenvalue weighted by molar-refractivity contribution is 6.19. The molecule has 2 rings (SSSR count). The Hall–Kier alpha value is -0.750. The van der Waals surface area contributed by atoms with Gasteiger partial charge in [0.15, 0.2) is 0 Å². The van der Waals surface area contributed by atoms with Gasteiger partial charge in [-0.3, -0.25) is 0 Å². The maximum Gasteiger partial charge on any atom is 0.0436 e. The van der Waals surface area contributed by atoms with Crippen LogP contribution >= 0.6 is 11.6 Å². The summed E-state index contributed by atoms with van der Waals surface area (Å²) in [5.74, 6) is 1.49. The Labute approximate surface area is 97.0 Å². The second-order valence-corrected chi connectivity index (χ2v) is 4.50. The van der Waals surface area contributed by atoms with Crippen molar-refractivity contribution >= 4 is 17.7 Å². The van der Waals surface area contributed by atoms with Gasteiger partial charge in [-0.15, -0.1) is 11.6 Å². The Bertz CT molecular complexity index is 338. The standard InChI is InChI=1S/C14H17Cl/c1-2-11(10-15)9-12-3-5-13(6-4-12)14-7-8-14/h3-6,9,14H,2,7-8,10H2,1H3. The van der Waals surface area contributed by atoms with Gasteiger partial charge in [0.25, 0.3) is 0 Å². The molecule has 1 heteroatoms. The van der Waals surface area contributed by atoms with E-state index in [9.17, 15) is 0 Å². The molecule has 1 aliphatic carbocycles. The fourth-order valence-electron chi connectivity index (χ4n) is 1.75. The molecule has 0 unspecified atom stereocenters. The largest absolute Gasteiger partial charge is 0.122 e. The summed E-state index contributed by atoms with van der Waals surface area (Å²) < 4.78 is 0. The van der Waals surface area contributed by atoms with Gasteiger partial charge in [0.1, 0.15) is 0 Å². The van der Waals surface area contributed by atoms with Crippen molar-refractivity contribution in [3.63, 3.8) is 0 Å². The molecule has 1 fully saturated rings. The summed E-state index contributed by atoms with van der Waals surface area (Å²) in [4.78, 5) is 0. The minimum Gasteiger partial charge on any atom is -0.122 e. The van der Waals surface area contributed by atoms with Crippen LogP contribution in [-0.4, -0.2) is 5.88 Å². The second kappa shape index (κ2) is 4.85. The summed E-state index contributed by atoms with van der Waals surface area (Å²) in [5.41, 5.74) is 4.07. The second-order valence-electron chi connectivity index (χ2n) is 4.23. The summed E-state index contributed by atoms with van der Waals surface area (Å²) in [6.45, 7) is 2.15. The molecular formula is C14H17Cl. The highest BCUT2D eigenvalue weighted by Crippen LogP contribution is 2.39. The van der Waals surface area contributed by atoms with Gasteiger partial charge >= 0.3 is 0 Å². The third-order valence-electron chi connectivity index (χ3n) is 2.98. The minimum absolute atomic E-state index is 0.640. The van der Waals surface area contributed by atoms with E-state index in [2.05, 4.69) is 37.3 Å². The summed E-state index contributed by atoms with van der Waals surface area (Å²) in [6, 6.07) is 8.92. The molecule has 0 radical (unpaired) electrons. The van der Waals surface area contributed by atoms with Gasteiger partial charge in [-0.1, -0.05) is 42.8 Å². The third-order valence-corrected chi connectivity index (χ3v) is 3.33. The normalized spacial score (nSPS) is 16.8. The minimum atomic E-state index is 0.640. The molecule has 0 atom stereocenters. The molecule has 0 N–H and O–H groups in total. The first-order chi connectivity index (χ1) is 7.33. The molecule has 1 aliphatic rings. The molecule has 0 amide bonds. The smallest absolute Gasteiger partial charge is 0.0436 e. The van der Waals surface area contributed by atoms with E-state index in [-0.39, 0.29) is 0 Å². The first-order valence-corrected chi connectivity index (χ1v) is 6.22. The Morgan fingerprint density at radius 3 is 2.47 bits per heavy atom. The van der Waals surface area contributed by atoms with Crippen molar-refractivity contribution in [2.75, 3.05) is 5.88 Å². The quantitative estimate of drug-likeness (QED) is 0.651. The van der Waals surface area contributed by atoms with E-state index >= 15 is 0 Å². The predicted octanol–water partition coefficient (Wildman–Crippen LogP) is 4.60. The van der Waals surface area contributed by atoms with Crippen LogP contribution < -0.4 is 0 Å². The van der Waals surface area contributed by atoms with Gasteiger partial charge in [-0.2, -0.15) is 0 Å².